The lowest BCUT2D eigenvalue weighted by molar-refractivity contribution is 0.102. The summed E-state index contributed by atoms with van der Waals surface area (Å²) in [6.07, 6.45) is 3.20. The molecule has 0 aliphatic heterocycles. The molecule has 0 saturated carbocycles. The molecule has 15 heavy (non-hydrogen) atoms. The fourth-order valence-corrected chi connectivity index (χ4v) is 2.18. The molecule has 0 atom stereocenters. The Labute approximate surface area is 95.8 Å². The molecule has 2 aromatic rings. The molecule has 2 heterocycles. The smallest absolute Gasteiger partial charge is 0.171 e. The van der Waals surface area contributed by atoms with E-state index in [1.54, 1.807) is 24.5 Å². The van der Waals surface area contributed by atoms with Gasteiger partial charge in [0.2, 0.25) is 0 Å². The summed E-state index contributed by atoms with van der Waals surface area (Å²) < 4.78 is 0. The highest BCUT2D eigenvalue weighted by Crippen LogP contribution is 2.28. The van der Waals surface area contributed by atoms with Gasteiger partial charge in [-0.25, -0.2) is 4.98 Å². The number of rotatable bonds is 2. The normalized spacial score (nSPS) is 10.3. The van der Waals surface area contributed by atoms with Crippen molar-refractivity contribution in [2.45, 2.75) is 6.92 Å². The van der Waals surface area contributed by atoms with E-state index in [0.29, 0.717) is 20.6 Å². The molecule has 0 spiro atoms. The van der Waals surface area contributed by atoms with Gasteiger partial charge >= 0.3 is 0 Å². The number of Topliss-reactive ketones (excluding diaryl/α,β-unsaturated/α-hetero) is 1. The monoisotopic (exact) mass is 238 g/mol. The third-order valence-corrected chi connectivity index (χ3v) is 3.22. The van der Waals surface area contributed by atoms with E-state index in [1.165, 1.54) is 18.3 Å². The number of hydrogen-bond acceptors (Lipinski definition) is 4. The minimum absolute atomic E-state index is 0.00537. The molecule has 5 heteroatoms. The lowest BCUT2D eigenvalue weighted by Crippen LogP contribution is -1.83. The maximum Gasteiger partial charge on any atom is 0.171 e. The maximum atomic E-state index is 11.1. The second kappa shape index (κ2) is 4.08. The highest BCUT2D eigenvalue weighted by Gasteiger charge is 2.11. The third-order valence-electron chi connectivity index (χ3n) is 1.81. The van der Waals surface area contributed by atoms with Crippen LogP contribution in [0.3, 0.4) is 0 Å². The lowest BCUT2D eigenvalue weighted by Gasteiger charge is -1.96. The number of pyridine rings is 1. The summed E-state index contributed by atoms with van der Waals surface area (Å²) >= 11 is 7.27. The van der Waals surface area contributed by atoms with Crippen molar-refractivity contribution in [3.8, 4) is 10.7 Å². The summed E-state index contributed by atoms with van der Waals surface area (Å²) in [7, 11) is 0. The maximum absolute atomic E-state index is 11.1. The van der Waals surface area contributed by atoms with Gasteiger partial charge < -0.3 is 0 Å². The van der Waals surface area contributed by atoms with Crippen LogP contribution in [0, 0.1) is 0 Å². The molecule has 0 aromatic carbocycles. The summed E-state index contributed by atoms with van der Waals surface area (Å²) in [4.78, 5) is 20.0. The zero-order chi connectivity index (χ0) is 10.8. The van der Waals surface area contributed by atoms with Gasteiger partial charge in [-0.3, -0.25) is 9.78 Å². The third kappa shape index (κ3) is 2.06. The molecule has 0 N–H and O–H groups in total. The quantitative estimate of drug-likeness (QED) is 0.756. The van der Waals surface area contributed by atoms with Crippen LogP contribution in [0.25, 0.3) is 10.7 Å². The van der Waals surface area contributed by atoms with Crippen LogP contribution in [0.15, 0.2) is 24.5 Å². The Bertz CT molecular complexity index is 510. The average molecular weight is 239 g/mol. The number of ketones is 1. The van der Waals surface area contributed by atoms with Crippen molar-refractivity contribution in [2.75, 3.05) is 0 Å². The molecule has 0 bridgehead atoms. The molecule has 0 amide bonds. The molecule has 0 aliphatic carbocycles. The highest BCUT2D eigenvalue weighted by molar-refractivity contribution is 7.16. The SMILES string of the molecule is CC(=O)c1cnc(-c2ncccc2Cl)s1. The summed E-state index contributed by atoms with van der Waals surface area (Å²) in [5, 5.41) is 1.22. The first-order chi connectivity index (χ1) is 7.18. The molecule has 3 nitrogen and oxygen atoms in total. The molecule has 76 valence electrons. The molecule has 0 unspecified atom stereocenters. The molecule has 0 fully saturated rings. The van der Waals surface area contributed by atoms with Gasteiger partial charge in [0.1, 0.15) is 10.7 Å². The zero-order valence-electron chi connectivity index (χ0n) is 7.90. The van der Waals surface area contributed by atoms with Gasteiger partial charge in [0.15, 0.2) is 5.78 Å². The number of halogens is 1. The summed E-state index contributed by atoms with van der Waals surface area (Å²) in [5.74, 6) is 0.00537. The first-order valence-electron chi connectivity index (χ1n) is 4.26. The number of thiazole rings is 1. The van der Waals surface area contributed by atoms with Gasteiger partial charge in [-0.1, -0.05) is 11.6 Å². The van der Waals surface area contributed by atoms with Crippen LogP contribution in [0.4, 0.5) is 0 Å². The van der Waals surface area contributed by atoms with Crippen molar-refractivity contribution in [3.05, 3.63) is 34.4 Å². The summed E-state index contributed by atoms with van der Waals surface area (Å²) in [6.45, 7) is 1.51. The topological polar surface area (TPSA) is 42.9 Å². The Balaban J connectivity index is 2.46. The molecule has 0 radical (unpaired) electrons. The van der Waals surface area contributed by atoms with E-state index in [2.05, 4.69) is 9.97 Å². The standard InChI is InChI=1S/C10H7ClN2OS/c1-6(14)8-5-13-10(15-8)9-7(11)3-2-4-12-9/h2-5H,1H3. The van der Waals surface area contributed by atoms with Crippen molar-refractivity contribution in [2.24, 2.45) is 0 Å². The molecule has 0 saturated heterocycles. The van der Waals surface area contributed by atoms with Gasteiger partial charge in [-0.2, -0.15) is 0 Å². The van der Waals surface area contributed by atoms with Crippen LogP contribution in [-0.4, -0.2) is 15.8 Å². The largest absolute Gasteiger partial charge is 0.294 e. The van der Waals surface area contributed by atoms with E-state index >= 15 is 0 Å². The van der Waals surface area contributed by atoms with Crippen LogP contribution in [0.2, 0.25) is 5.02 Å². The van der Waals surface area contributed by atoms with Crippen LogP contribution < -0.4 is 0 Å². The summed E-state index contributed by atoms with van der Waals surface area (Å²) in [5.41, 5.74) is 0.622. The van der Waals surface area contributed by atoms with E-state index in [4.69, 9.17) is 11.6 Å². The van der Waals surface area contributed by atoms with E-state index in [0.717, 1.165) is 0 Å². The average Bonchev–Trinajstić information content (AvgIpc) is 2.67. The zero-order valence-corrected chi connectivity index (χ0v) is 9.47. The number of aromatic nitrogens is 2. The van der Waals surface area contributed by atoms with E-state index < -0.39 is 0 Å². The van der Waals surface area contributed by atoms with Gasteiger partial charge in [0, 0.05) is 19.3 Å². The minimum atomic E-state index is 0.00537. The van der Waals surface area contributed by atoms with Crippen LogP contribution in [0.5, 0.6) is 0 Å². The number of nitrogens with zero attached hydrogens (tertiary/aromatic N) is 2. The Morgan fingerprint density at radius 2 is 2.27 bits per heavy atom. The molecular weight excluding hydrogens is 232 g/mol. The number of carbonyl (C=O) groups is 1. The molecule has 2 aromatic heterocycles. The molecular formula is C10H7ClN2OS. The minimum Gasteiger partial charge on any atom is -0.294 e. The molecule has 0 aliphatic rings. The van der Waals surface area contributed by atoms with Gasteiger partial charge in [-0.15, -0.1) is 11.3 Å². The lowest BCUT2D eigenvalue weighted by atomic mass is 10.3. The van der Waals surface area contributed by atoms with E-state index in [1.807, 2.05) is 0 Å². The van der Waals surface area contributed by atoms with Crippen molar-refractivity contribution >= 4 is 28.7 Å². The predicted molar refractivity (Wildman–Crippen MR) is 60.4 cm³/mol. The number of carbonyl (C=O) groups excluding carboxylic acids is 1. The van der Waals surface area contributed by atoms with Crippen molar-refractivity contribution in [1.82, 2.24) is 9.97 Å². The van der Waals surface area contributed by atoms with Gasteiger partial charge in [0.05, 0.1) is 9.90 Å². The Hall–Kier alpha value is -1.26. The van der Waals surface area contributed by atoms with Crippen molar-refractivity contribution < 1.29 is 4.79 Å². The van der Waals surface area contributed by atoms with Gasteiger partial charge in [0.25, 0.3) is 0 Å². The Morgan fingerprint density at radius 3 is 2.87 bits per heavy atom. The number of hydrogen-bond donors (Lipinski definition) is 0. The molecule has 2 rings (SSSR count). The Kier molecular flexibility index (Phi) is 2.79. The van der Waals surface area contributed by atoms with Crippen molar-refractivity contribution in [3.63, 3.8) is 0 Å². The predicted octanol–water partition coefficient (Wildman–Crippen LogP) is 3.06. The fraction of sp³-hybridized carbons (Fsp3) is 0.100. The van der Waals surface area contributed by atoms with Crippen molar-refractivity contribution in [1.29, 1.82) is 0 Å². The van der Waals surface area contributed by atoms with Crippen LogP contribution in [-0.2, 0) is 0 Å². The van der Waals surface area contributed by atoms with Gasteiger partial charge in [-0.05, 0) is 12.1 Å². The fourth-order valence-electron chi connectivity index (χ4n) is 1.09. The van der Waals surface area contributed by atoms with Crippen LogP contribution >= 0.6 is 22.9 Å². The summed E-state index contributed by atoms with van der Waals surface area (Å²) in [6, 6.07) is 3.50. The first kappa shape index (κ1) is 10.3. The van der Waals surface area contributed by atoms with E-state index in [9.17, 15) is 4.79 Å². The second-order valence-electron chi connectivity index (χ2n) is 2.92. The van der Waals surface area contributed by atoms with E-state index in [-0.39, 0.29) is 5.78 Å². The highest BCUT2D eigenvalue weighted by atomic mass is 35.5. The first-order valence-corrected chi connectivity index (χ1v) is 5.45. The van der Waals surface area contributed by atoms with Crippen LogP contribution in [0.1, 0.15) is 16.6 Å². The Morgan fingerprint density at radius 1 is 1.47 bits per heavy atom. The second-order valence-corrected chi connectivity index (χ2v) is 4.36.